The molecule has 0 saturated carbocycles. The number of halogens is 3. The van der Waals surface area contributed by atoms with E-state index in [2.05, 4.69) is 10.7 Å². The van der Waals surface area contributed by atoms with Gasteiger partial charge in [-0.15, -0.1) is 19.6 Å². The number of nitrogens with two attached hydrogens (primary N) is 1. The summed E-state index contributed by atoms with van der Waals surface area (Å²) in [4.78, 5) is 13.4. The van der Waals surface area contributed by atoms with Gasteiger partial charge in [0.1, 0.15) is 0 Å². The summed E-state index contributed by atoms with van der Waals surface area (Å²) in [5, 5.41) is 0. The molecule has 4 nitrogen and oxygen atoms in total. The molecule has 0 heterocycles. The number of ether oxygens (including phenoxy) is 1. The molecule has 20 heavy (non-hydrogen) atoms. The third kappa shape index (κ3) is 4.09. The highest BCUT2D eigenvalue weighted by Gasteiger charge is 2.32. The van der Waals surface area contributed by atoms with Gasteiger partial charge in [0.2, 0.25) is 0 Å². The van der Waals surface area contributed by atoms with Crippen LogP contribution in [0.5, 0.6) is 5.75 Å². The van der Waals surface area contributed by atoms with Gasteiger partial charge < -0.3 is 15.4 Å². The Morgan fingerprint density at radius 1 is 1.50 bits per heavy atom. The molecule has 0 unspecified atom stereocenters. The minimum atomic E-state index is -4.83. The molecule has 0 atom stereocenters. The SMILES string of the molecule is C#CCN(CC)C(=O)c1ccc(OC(F)(F)F)c(N)c1. The van der Waals surface area contributed by atoms with E-state index >= 15 is 0 Å². The molecule has 0 aromatic heterocycles. The molecular formula is C13H13F3N2O2. The van der Waals surface area contributed by atoms with Crippen LogP contribution in [0.4, 0.5) is 18.9 Å². The number of nitrogen functional groups attached to an aromatic ring is 1. The monoisotopic (exact) mass is 286 g/mol. The second-order valence-electron chi connectivity index (χ2n) is 3.82. The topological polar surface area (TPSA) is 55.6 Å². The number of benzene rings is 1. The largest absolute Gasteiger partial charge is 0.573 e. The molecule has 1 aromatic carbocycles. The van der Waals surface area contributed by atoms with Crippen LogP contribution in [0.25, 0.3) is 0 Å². The first kappa shape index (κ1) is 15.7. The average Bonchev–Trinajstić information content (AvgIpc) is 2.36. The number of hydrogen-bond donors (Lipinski definition) is 1. The summed E-state index contributed by atoms with van der Waals surface area (Å²) in [6, 6.07) is 3.33. The van der Waals surface area contributed by atoms with Crippen LogP contribution in [0, 0.1) is 12.3 Å². The highest BCUT2D eigenvalue weighted by atomic mass is 19.4. The second-order valence-corrected chi connectivity index (χ2v) is 3.82. The lowest BCUT2D eigenvalue weighted by Crippen LogP contribution is -2.31. The number of carbonyl (C=O) groups excluding carboxylic acids is 1. The molecule has 1 rings (SSSR count). The molecule has 0 bridgehead atoms. The standard InChI is InChI=1S/C13H13F3N2O2/c1-3-7-18(4-2)12(19)9-5-6-11(10(17)8-9)20-13(14,15)16/h1,5-6,8H,4,7,17H2,2H3. The van der Waals surface area contributed by atoms with Gasteiger partial charge in [0.05, 0.1) is 12.2 Å². The fraction of sp³-hybridized carbons (Fsp3) is 0.308. The summed E-state index contributed by atoms with van der Waals surface area (Å²) in [6.45, 7) is 2.22. The van der Waals surface area contributed by atoms with E-state index in [1.54, 1.807) is 6.92 Å². The van der Waals surface area contributed by atoms with E-state index in [-0.39, 0.29) is 17.8 Å². The van der Waals surface area contributed by atoms with Gasteiger partial charge in [0.15, 0.2) is 5.75 Å². The number of terminal acetylenes is 1. The first-order chi connectivity index (χ1) is 9.28. The van der Waals surface area contributed by atoms with Crippen molar-refractivity contribution in [2.45, 2.75) is 13.3 Å². The van der Waals surface area contributed by atoms with E-state index in [0.29, 0.717) is 6.54 Å². The van der Waals surface area contributed by atoms with Crippen molar-refractivity contribution < 1.29 is 22.7 Å². The van der Waals surface area contributed by atoms with E-state index in [1.165, 1.54) is 11.0 Å². The highest BCUT2D eigenvalue weighted by Crippen LogP contribution is 2.29. The summed E-state index contributed by atoms with van der Waals surface area (Å²) in [5.41, 5.74) is 5.32. The predicted octanol–water partition coefficient (Wildman–Crippen LogP) is 2.26. The van der Waals surface area contributed by atoms with Gasteiger partial charge in [-0.05, 0) is 25.1 Å². The third-order valence-corrected chi connectivity index (χ3v) is 2.43. The Kier molecular flexibility index (Phi) is 4.86. The van der Waals surface area contributed by atoms with Crippen molar-refractivity contribution in [3.63, 3.8) is 0 Å². The van der Waals surface area contributed by atoms with Crippen LogP contribution in [-0.2, 0) is 0 Å². The quantitative estimate of drug-likeness (QED) is 0.682. The van der Waals surface area contributed by atoms with Crippen LogP contribution in [0.1, 0.15) is 17.3 Å². The number of amides is 1. The molecule has 1 aromatic rings. The maximum absolute atomic E-state index is 12.1. The van der Waals surface area contributed by atoms with Crippen LogP contribution in [0.3, 0.4) is 0 Å². The Morgan fingerprint density at radius 3 is 2.60 bits per heavy atom. The lowest BCUT2D eigenvalue weighted by molar-refractivity contribution is -0.274. The van der Waals surface area contributed by atoms with Crippen molar-refractivity contribution in [3.8, 4) is 18.1 Å². The Hall–Kier alpha value is -2.36. The first-order valence-electron chi connectivity index (χ1n) is 5.66. The lowest BCUT2D eigenvalue weighted by Gasteiger charge is -2.18. The van der Waals surface area contributed by atoms with E-state index in [1.807, 2.05) is 0 Å². The van der Waals surface area contributed by atoms with E-state index < -0.39 is 18.0 Å². The van der Waals surface area contributed by atoms with E-state index in [4.69, 9.17) is 12.2 Å². The van der Waals surface area contributed by atoms with Crippen molar-refractivity contribution in [1.29, 1.82) is 0 Å². The van der Waals surface area contributed by atoms with Crippen molar-refractivity contribution in [1.82, 2.24) is 4.90 Å². The van der Waals surface area contributed by atoms with E-state index in [9.17, 15) is 18.0 Å². The van der Waals surface area contributed by atoms with Crippen molar-refractivity contribution in [2.75, 3.05) is 18.8 Å². The Labute approximate surface area is 114 Å². The fourth-order valence-corrected chi connectivity index (χ4v) is 1.52. The number of hydrogen-bond acceptors (Lipinski definition) is 3. The summed E-state index contributed by atoms with van der Waals surface area (Å²) in [5.74, 6) is 1.37. The molecule has 0 radical (unpaired) electrons. The van der Waals surface area contributed by atoms with Gasteiger partial charge in [0.25, 0.3) is 5.91 Å². The molecule has 108 valence electrons. The van der Waals surface area contributed by atoms with Crippen LogP contribution in [-0.4, -0.2) is 30.3 Å². The van der Waals surface area contributed by atoms with Crippen molar-refractivity contribution in [3.05, 3.63) is 23.8 Å². The van der Waals surface area contributed by atoms with Crippen LogP contribution < -0.4 is 10.5 Å². The smallest absolute Gasteiger partial charge is 0.404 e. The molecule has 0 fully saturated rings. The molecular weight excluding hydrogens is 273 g/mol. The number of anilines is 1. The highest BCUT2D eigenvalue weighted by molar-refractivity contribution is 5.95. The lowest BCUT2D eigenvalue weighted by atomic mass is 10.1. The predicted molar refractivity (Wildman–Crippen MR) is 67.9 cm³/mol. The molecule has 0 spiro atoms. The third-order valence-electron chi connectivity index (χ3n) is 2.43. The van der Waals surface area contributed by atoms with Gasteiger partial charge in [-0.1, -0.05) is 5.92 Å². The zero-order chi connectivity index (χ0) is 15.3. The van der Waals surface area contributed by atoms with Crippen LogP contribution in [0.15, 0.2) is 18.2 Å². The van der Waals surface area contributed by atoms with Gasteiger partial charge in [-0.25, -0.2) is 0 Å². The molecule has 0 aliphatic heterocycles. The second kappa shape index (κ2) is 6.19. The number of rotatable bonds is 4. The summed E-state index contributed by atoms with van der Waals surface area (Å²) >= 11 is 0. The molecule has 2 N–H and O–H groups in total. The Bertz CT molecular complexity index is 535. The van der Waals surface area contributed by atoms with Crippen LogP contribution in [0.2, 0.25) is 0 Å². The summed E-state index contributed by atoms with van der Waals surface area (Å²) < 4.78 is 40.0. The minimum Gasteiger partial charge on any atom is -0.404 e. The zero-order valence-corrected chi connectivity index (χ0v) is 10.7. The fourth-order valence-electron chi connectivity index (χ4n) is 1.52. The average molecular weight is 286 g/mol. The van der Waals surface area contributed by atoms with Crippen LogP contribution >= 0.6 is 0 Å². The minimum absolute atomic E-state index is 0.107. The molecule has 7 heteroatoms. The van der Waals surface area contributed by atoms with Gasteiger partial charge in [0, 0.05) is 12.1 Å². The van der Waals surface area contributed by atoms with Crippen molar-refractivity contribution >= 4 is 11.6 Å². The molecule has 0 aliphatic carbocycles. The van der Waals surface area contributed by atoms with Gasteiger partial charge in [-0.3, -0.25) is 4.79 Å². The maximum atomic E-state index is 12.1. The molecule has 0 aliphatic rings. The number of carbonyl (C=O) groups is 1. The molecule has 1 amide bonds. The van der Waals surface area contributed by atoms with Gasteiger partial charge in [-0.2, -0.15) is 0 Å². The number of nitrogens with zero attached hydrogens (tertiary/aromatic N) is 1. The van der Waals surface area contributed by atoms with Gasteiger partial charge >= 0.3 is 6.36 Å². The summed E-state index contributed by atoms with van der Waals surface area (Å²) in [7, 11) is 0. The first-order valence-corrected chi connectivity index (χ1v) is 5.66. The maximum Gasteiger partial charge on any atom is 0.573 e. The van der Waals surface area contributed by atoms with Crippen molar-refractivity contribution in [2.24, 2.45) is 0 Å². The summed E-state index contributed by atoms with van der Waals surface area (Å²) in [6.07, 6.45) is 0.296. The normalized spacial score (nSPS) is 10.8. The Balaban J connectivity index is 2.97. The Morgan fingerprint density at radius 2 is 2.15 bits per heavy atom. The van der Waals surface area contributed by atoms with E-state index in [0.717, 1.165) is 12.1 Å². The number of alkyl halides is 3. The molecule has 0 saturated heterocycles. The zero-order valence-electron chi connectivity index (χ0n) is 10.7.